The molecule has 0 amide bonds. The second-order valence-electron chi connectivity index (χ2n) is 7.46. The summed E-state index contributed by atoms with van der Waals surface area (Å²) in [7, 11) is -11.1. The summed E-state index contributed by atoms with van der Waals surface area (Å²) in [4.78, 5) is -6.89. The average Bonchev–Trinajstić information content (AvgIpc) is 2.82. The molecule has 3 aromatic rings. The van der Waals surface area contributed by atoms with E-state index < -0.39 is 35.6 Å². The summed E-state index contributed by atoms with van der Waals surface area (Å²) in [5.41, 5.74) is 0.684. The SMILES string of the molecule is O=S(=O)(O)C1(N=Nc2ccc(N=Nc3ccccc3)cc2)C=Cc2ccccc2C1(O)S(=O)(=O)O. The van der Waals surface area contributed by atoms with Crippen molar-refractivity contribution in [1.29, 1.82) is 0 Å². The summed E-state index contributed by atoms with van der Waals surface area (Å²) >= 11 is 0. The molecule has 0 aromatic heterocycles. The second kappa shape index (κ2) is 8.87. The highest BCUT2D eigenvalue weighted by Gasteiger charge is 2.69. The monoisotopic (exact) mass is 514 g/mol. The molecule has 3 aromatic carbocycles. The fourth-order valence-electron chi connectivity index (χ4n) is 3.52. The van der Waals surface area contributed by atoms with Crippen LogP contribution in [-0.2, 0) is 25.2 Å². The van der Waals surface area contributed by atoms with Gasteiger partial charge in [-0.3, -0.25) is 9.11 Å². The number of fused-ring (bicyclic) bond motifs is 1. The normalized spacial score (nSPS) is 22.5. The van der Waals surface area contributed by atoms with E-state index in [2.05, 4.69) is 20.5 Å². The van der Waals surface area contributed by atoms with E-state index in [0.29, 0.717) is 17.5 Å². The molecular formula is C22H18N4O7S2. The van der Waals surface area contributed by atoms with Crippen molar-refractivity contribution in [3.63, 3.8) is 0 Å². The van der Waals surface area contributed by atoms with Crippen LogP contribution in [0.3, 0.4) is 0 Å². The molecule has 0 fully saturated rings. The van der Waals surface area contributed by atoms with Crippen LogP contribution in [0.4, 0.5) is 17.1 Å². The van der Waals surface area contributed by atoms with Crippen molar-refractivity contribution in [3.8, 4) is 0 Å². The van der Waals surface area contributed by atoms with E-state index in [0.717, 1.165) is 12.1 Å². The Hall–Kier alpha value is -3.62. The van der Waals surface area contributed by atoms with Gasteiger partial charge in [0.25, 0.3) is 9.80 Å². The third-order valence-electron chi connectivity index (χ3n) is 5.27. The standard InChI is InChI=1S/C22H18N4O7S2/c27-22(35(31,32)33)20-9-5-4-6-16(20)14-15-21(22,34(28,29)30)26-25-19-12-10-18(11-13-19)24-23-17-7-2-1-3-8-17/h1-15,27H,(H,28,29,30)(H,31,32,33). The Bertz CT molecular complexity index is 1550. The van der Waals surface area contributed by atoms with Gasteiger partial charge in [0.05, 0.1) is 17.1 Å². The Labute approximate surface area is 200 Å². The van der Waals surface area contributed by atoms with Crippen LogP contribution in [0.2, 0.25) is 0 Å². The summed E-state index contributed by atoms with van der Waals surface area (Å²) < 4.78 is 69.6. The van der Waals surface area contributed by atoms with E-state index in [1.54, 1.807) is 24.3 Å². The van der Waals surface area contributed by atoms with E-state index in [4.69, 9.17) is 0 Å². The van der Waals surface area contributed by atoms with Gasteiger partial charge in [0, 0.05) is 5.56 Å². The van der Waals surface area contributed by atoms with Gasteiger partial charge in [-0.05, 0) is 48.0 Å². The number of benzene rings is 3. The van der Waals surface area contributed by atoms with E-state index in [1.807, 2.05) is 6.07 Å². The van der Waals surface area contributed by atoms with Gasteiger partial charge in [-0.25, -0.2) is 0 Å². The van der Waals surface area contributed by atoms with Crippen LogP contribution in [0.25, 0.3) is 6.08 Å². The zero-order chi connectivity index (χ0) is 25.3. The molecule has 35 heavy (non-hydrogen) atoms. The third kappa shape index (κ3) is 4.31. The maximum absolute atomic E-state index is 12.5. The van der Waals surface area contributed by atoms with Gasteiger partial charge in [0.15, 0.2) is 0 Å². The Balaban J connectivity index is 1.76. The number of aliphatic hydroxyl groups is 1. The first-order valence-electron chi connectivity index (χ1n) is 9.93. The Morgan fingerprint density at radius 1 is 0.629 bits per heavy atom. The molecule has 0 spiro atoms. The molecule has 0 bridgehead atoms. The molecule has 13 heteroatoms. The van der Waals surface area contributed by atoms with Gasteiger partial charge in [-0.2, -0.15) is 37.3 Å². The average molecular weight is 515 g/mol. The Morgan fingerprint density at radius 3 is 1.71 bits per heavy atom. The maximum atomic E-state index is 12.5. The van der Waals surface area contributed by atoms with Crippen molar-refractivity contribution in [1.82, 2.24) is 0 Å². The maximum Gasteiger partial charge on any atom is 0.303 e. The number of azo groups is 2. The molecule has 2 atom stereocenters. The molecule has 0 saturated heterocycles. The highest BCUT2D eigenvalue weighted by Crippen LogP contribution is 2.49. The highest BCUT2D eigenvalue weighted by atomic mass is 32.2. The molecule has 0 heterocycles. The first kappa shape index (κ1) is 24.5. The number of rotatable bonds is 6. The fourth-order valence-corrected chi connectivity index (χ4v) is 5.94. The number of hydrogen-bond acceptors (Lipinski definition) is 9. The predicted octanol–water partition coefficient (Wildman–Crippen LogP) is 4.53. The molecule has 4 rings (SSSR count). The molecule has 0 saturated carbocycles. The van der Waals surface area contributed by atoms with Crippen LogP contribution in [0, 0.1) is 0 Å². The van der Waals surface area contributed by atoms with Gasteiger partial charge >= 0.3 is 20.2 Å². The predicted molar refractivity (Wildman–Crippen MR) is 127 cm³/mol. The van der Waals surface area contributed by atoms with Gasteiger partial charge in [-0.1, -0.05) is 48.5 Å². The van der Waals surface area contributed by atoms with E-state index >= 15 is 0 Å². The Kier molecular flexibility index (Phi) is 6.21. The van der Waals surface area contributed by atoms with Crippen LogP contribution in [0.5, 0.6) is 0 Å². The van der Waals surface area contributed by atoms with E-state index in [1.165, 1.54) is 42.5 Å². The lowest BCUT2D eigenvalue weighted by Crippen LogP contribution is -2.59. The van der Waals surface area contributed by atoms with Crippen LogP contribution in [0.1, 0.15) is 11.1 Å². The summed E-state index contributed by atoms with van der Waals surface area (Å²) in [5, 5.41) is 26.6. The van der Waals surface area contributed by atoms with E-state index in [9.17, 15) is 31.0 Å². The lowest BCUT2D eigenvalue weighted by molar-refractivity contribution is 0.0764. The smallest absolute Gasteiger partial charge is 0.303 e. The lowest BCUT2D eigenvalue weighted by Gasteiger charge is -2.39. The molecule has 1 aliphatic rings. The molecule has 11 nitrogen and oxygen atoms in total. The second-order valence-corrected chi connectivity index (χ2v) is 10.6. The van der Waals surface area contributed by atoms with Gasteiger partial charge in [0.2, 0.25) is 0 Å². The molecule has 3 N–H and O–H groups in total. The third-order valence-corrected chi connectivity index (χ3v) is 7.97. The summed E-state index contributed by atoms with van der Waals surface area (Å²) in [6.45, 7) is 0. The van der Waals surface area contributed by atoms with Crippen molar-refractivity contribution in [2.45, 2.75) is 9.80 Å². The van der Waals surface area contributed by atoms with Crippen LogP contribution >= 0.6 is 0 Å². The molecule has 1 aliphatic carbocycles. The highest BCUT2D eigenvalue weighted by molar-refractivity contribution is 7.91. The van der Waals surface area contributed by atoms with Crippen LogP contribution in [-0.4, -0.2) is 35.9 Å². The van der Waals surface area contributed by atoms with Crippen molar-refractivity contribution in [2.75, 3.05) is 0 Å². The summed E-state index contributed by atoms with van der Waals surface area (Å²) in [6.07, 6.45) is 1.80. The minimum absolute atomic E-state index is 0.0385. The van der Waals surface area contributed by atoms with Crippen molar-refractivity contribution < 1.29 is 31.0 Å². The number of hydrogen-bond donors (Lipinski definition) is 3. The van der Waals surface area contributed by atoms with Crippen molar-refractivity contribution in [3.05, 3.63) is 96.1 Å². The Morgan fingerprint density at radius 2 is 1.14 bits per heavy atom. The van der Waals surface area contributed by atoms with Crippen molar-refractivity contribution >= 4 is 43.4 Å². The van der Waals surface area contributed by atoms with Gasteiger partial charge in [0.1, 0.15) is 0 Å². The minimum Gasteiger partial charge on any atom is -0.366 e. The van der Waals surface area contributed by atoms with Gasteiger partial charge in [-0.15, -0.1) is 0 Å². The van der Waals surface area contributed by atoms with Crippen molar-refractivity contribution in [2.24, 2.45) is 20.5 Å². The molecule has 2 unspecified atom stereocenters. The van der Waals surface area contributed by atoms with Gasteiger partial charge < -0.3 is 5.11 Å². The zero-order valence-corrected chi connectivity index (χ0v) is 19.4. The quantitative estimate of drug-likeness (QED) is 0.319. The lowest BCUT2D eigenvalue weighted by atomic mass is 9.90. The first-order chi connectivity index (χ1) is 16.5. The first-order valence-corrected chi connectivity index (χ1v) is 12.8. The summed E-state index contributed by atoms with van der Waals surface area (Å²) in [6, 6.07) is 20.0. The van der Waals surface area contributed by atoms with Crippen LogP contribution in [0.15, 0.2) is 105 Å². The minimum atomic E-state index is -5.59. The molecule has 0 radical (unpaired) electrons. The fraction of sp³-hybridized carbons (Fsp3) is 0.0909. The summed E-state index contributed by atoms with van der Waals surface area (Å²) in [5.74, 6) is 0. The van der Waals surface area contributed by atoms with Crippen LogP contribution < -0.4 is 0 Å². The topological polar surface area (TPSA) is 178 Å². The molecule has 180 valence electrons. The molecular weight excluding hydrogens is 496 g/mol. The number of nitrogens with zero attached hydrogens (tertiary/aromatic N) is 4. The largest absolute Gasteiger partial charge is 0.366 e. The zero-order valence-electron chi connectivity index (χ0n) is 17.7. The van der Waals surface area contributed by atoms with E-state index in [-0.39, 0.29) is 11.3 Å². The molecule has 0 aliphatic heterocycles.